The Balaban J connectivity index is 1.34. The number of rotatable bonds is 4. The summed E-state index contributed by atoms with van der Waals surface area (Å²) >= 11 is 0. The molecular weight excluding hydrogens is 328 g/mol. The van der Waals surface area contributed by atoms with Gasteiger partial charge in [-0.3, -0.25) is 14.6 Å². The molecule has 0 bridgehead atoms. The lowest BCUT2D eigenvalue weighted by molar-refractivity contribution is -0.137. The second-order valence-electron chi connectivity index (χ2n) is 7.27. The van der Waals surface area contributed by atoms with Crippen molar-refractivity contribution in [1.82, 2.24) is 14.9 Å². The molecule has 2 amide bonds. The predicted molar refractivity (Wildman–Crippen MR) is 98.6 cm³/mol. The summed E-state index contributed by atoms with van der Waals surface area (Å²) in [5, 5.41) is 0. The lowest BCUT2D eigenvalue weighted by atomic mass is 9.77. The van der Waals surface area contributed by atoms with E-state index in [1.54, 1.807) is 12.4 Å². The van der Waals surface area contributed by atoms with Crippen LogP contribution >= 0.6 is 0 Å². The van der Waals surface area contributed by atoms with Crippen LogP contribution in [0.5, 0.6) is 0 Å². The highest BCUT2D eigenvalue weighted by molar-refractivity contribution is 6.00. The van der Waals surface area contributed by atoms with Crippen molar-refractivity contribution in [2.45, 2.75) is 32.1 Å². The van der Waals surface area contributed by atoms with Crippen LogP contribution < -0.4 is 4.90 Å². The zero-order valence-corrected chi connectivity index (χ0v) is 14.9. The largest absolute Gasteiger partial charge is 0.365 e. The number of hydrogen-bond donors (Lipinski definition) is 1. The number of carbonyl (C=O) groups excluding carboxylic acids is 2. The molecule has 4 heterocycles. The summed E-state index contributed by atoms with van der Waals surface area (Å²) in [6.45, 7) is 2.09. The minimum Gasteiger partial charge on any atom is -0.365 e. The first-order valence-corrected chi connectivity index (χ1v) is 9.30. The molecule has 1 N–H and O–H groups in total. The molecule has 2 aliphatic heterocycles. The summed E-state index contributed by atoms with van der Waals surface area (Å²) in [4.78, 5) is 36.5. The van der Waals surface area contributed by atoms with Gasteiger partial charge in [-0.15, -0.1) is 0 Å². The SMILES string of the molecule is O=C(CCc1ccc[nH]1)N1CCC2(CC1)CCN(c1cccnc1)C2=O. The number of piperidine rings is 1. The van der Waals surface area contributed by atoms with E-state index in [2.05, 4.69) is 9.97 Å². The molecule has 2 fully saturated rings. The van der Waals surface area contributed by atoms with E-state index in [1.807, 2.05) is 40.3 Å². The number of H-pyrrole nitrogens is 1. The van der Waals surface area contributed by atoms with E-state index < -0.39 is 0 Å². The van der Waals surface area contributed by atoms with Gasteiger partial charge in [0.1, 0.15) is 0 Å². The van der Waals surface area contributed by atoms with Crippen LogP contribution in [0.15, 0.2) is 42.9 Å². The van der Waals surface area contributed by atoms with Gasteiger partial charge in [-0.25, -0.2) is 0 Å². The van der Waals surface area contributed by atoms with Crippen LogP contribution in [0.4, 0.5) is 5.69 Å². The van der Waals surface area contributed by atoms with Gasteiger partial charge in [-0.05, 0) is 49.9 Å². The van der Waals surface area contributed by atoms with Crippen LogP contribution in [0, 0.1) is 5.41 Å². The van der Waals surface area contributed by atoms with Gasteiger partial charge in [0.2, 0.25) is 11.8 Å². The molecular formula is C20H24N4O2. The number of nitrogens with zero attached hydrogens (tertiary/aromatic N) is 3. The van der Waals surface area contributed by atoms with Crippen LogP contribution in [-0.2, 0) is 16.0 Å². The number of carbonyl (C=O) groups is 2. The number of aromatic nitrogens is 2. The number of anilines is 1. The van der Waals surface area contributed by atoms with E-state index in [0.29, 0.717) is 19.5 Å². The van der Waals surface area contributed by atoms with Gasteiger partial charge >= 0.3 is 0 Å². The number of pyridine rings is 1. The Morgan fingerprint density at radius 2 is 1.96 bits per heavy atom. The summed E-state index contributed by atoms with van der Waals surface area (Å²) in [6.07, 6.45) is 8.99. The highest BCUT2D eigenvalue weighted by atomic mass is 16.2. The molecule has 1 spiro atoms. The summed E-state index contributed by atoms with van der Waals surface area (Å²) in [5.41, 5.74) is 1.66. The zero-order valence-electron chi connectivity index (χ0n) is 14.9. The lowest BCUT2D eigenvalue weighted by Crippen LogP contribution is -2.46. The highest BCUT2D eigenvalue weighted by Gasteiger charge is 2.48. The molecule has 26 heavy (non-hydrogen) atoms. The molecule has 0 unspecified atom stereocenters. The van der Waals surface area contributed by atoms with E-state index in [9.17, 15) is 9.59 Å². The van der Waals surface area contributed by atoms with Crippen molar-refractivity contribution in [3.8, 4) is 0 Å². The smallest absolute Gasteiger partial charge is 0.233 e. The third kappa shape index (κ3) is 3.11. The maximum Gasteiger partial charge on any atom is 0.233 e. The second-order valence-corrected chi connectivity index (χ2v) is 7.27. The average Bonchev–Trinajstić information content (AvgIpc) is 3.31. The molecule has 0 aromatic carbocycles. The van der Waals surface area contributed by atoms with Gasteiger partial charge < -0.3 is 14.8 Å². The highest BCUT2D eigenvalue weighted by Crippen LogP contribution is 2.43. The summed E-state index contributed by atoms with van der Waals surface area (Å²) in [5.74, 6) is 0.382. The van der Waals surface area contributed by atoms with E-state index in [0.717, 1.165) is 43.6 Å². The molecule has 6 heteroatoms. The Bertz CT molecular complexity index is 764. The lowest BCUT2D eigenvalue weighted by Gasteiger charge is -2.38. The Morgan fingerprint density at radius 3 is 2.65 bits per heavy atom. The van der Waals surface area contributed by atoms with Gasteiger partial charge in [0.25, 0.3) is 0 Å². The fourth-order valence-corrected chi connectivity index (χ4v) is 4.15. The van der Waals surface area contributed by atoms with Crippen molar-refractivity contribution < 1.29 is 9.59 Å². The van der Waals surface area contributed by atoms with Crippen molar-refractivity contribution in [3.05, 3.63) is 48.5 Å². The molecule has 136 valence electrons. The number of nitrogens with one attached hydrogen (secondary N) is 1. The summed E-state index contributed by atoms with van der Waals surface area (Å²) in [6, 6.07) is 7.75. The molecule has 0 atom stereocenters. The zero-order chi connectivity index (χ0) is 18.0. The van der Waals surface area contributed by atoms with Crippen LogP contribution in [0.2, 0.25) is 0 Å². The molecule has 2 saturated heterocycles. The third-order valence-corrected chi connectivity index (χ3v) is 5.81. The predicted octanol–water partition coefficient (Wildman–Crippen LogP) is 2.39. The molecule has 2 aromatic rings. The molecule has 2 aliphatic rings. The summed E-state index contributed by atoms with van der Waals surface area (Å²) < 4.78 is 0. The summed E-state index contributed by atoms with van der Waals surface area (Å²) in [7, 11) is 0. The molecule has 4 rings (SSSR count). The van der Waals surface area contributed by atoms with Crippen LogP contribution in [0.25, 0.3) is 0 Å². The van der Waals surface area contributed by atoms with Crippen molar-refractivity contribution >= 4 is 17.5 Å². The molecule has 2 aromatic heterocycles. The minimum absolute atomic E-state index is 0.184. The van der Waals surface area contributed by atoms with Gasteiger partial charge in [0, 0.05) is 44.1 Å². The average molecular weight is 352 g/mol. The first-order chi connectivity index (χ1) is 12.7. The van der Waals surface area contributed by atoms with Gasteiger partial charge in [-0.2, -0.15) is 0 Å². The Kier molecular flexibility index (Phi) is 4.49. The second kappa shape index (κ2) is 6.94. The van der Waals surface area contributed by atoms with E-state index in [4.69, 9.17) is 0 Å². The normalized spacial score (nSPS) is 19.3. The van der Waals surface area contributed by atoms with Crippen molar-refractivity contribution in [3.63, 3.8) is 0 Å². The number of amides is 2. The fraction of sp³-hybridized carbons (Fsp3) is 0.450. The number of aryl methyl sites for hydroxylation is 1. The molecule has 0 aliphatic carbocycles. The van der Waals surface area contributed by atoms with Crippen LogP contribution in [0.3, 0.4) is 0 Å². The number of likely N-dealkylation sites (tertiary alicyclic amines) is 1. The quantitative estimate of drug-likeness (QED) is 0.918. The number of hydrogen-bond acceptors (Lipinski definition) is 3. The van der Waals surface area contributed by atoms with Crippen molar-refractivity contribution in [1.29, 1.82) is 0 Å². The Hall–Kier alpha value is -2.63. The third-order valence-electron chi connectivity index (χ3n) is 5.81. The molecule has 0 saturated carbocycles. The Morgan fingerprint density at radius 1 is 1.15 bits per heavy atom. The van der Waals surface area contributed by atoms with Gasteiger partial charge in [0.05, 0.1) is 17.3 Å². The maximum absolute atomic E-state index is 13.0. The van der Waals surface area contributed by atoms with E-state index in [-0.39, 0.29) is 17.2 Å². The van der Waals surface area contributed by atoms with Gasteiger partial charge in [0.15, 0.2) is 0 Å². The topological polar surface area (TPSA) is 69.3 Å². The van der Waals surface area contributed by atoms with E-state index >= 15 is 0 Å². The fourth-order valence-electron chi connectivity index (χ4n) is 4.15. The first kappa shape index (κ1) is 16.8. The first-order valence-electron chi connectivity index (χ1n) is 9.30. The molecule has 6 nitrogen and oxygen atoms in total. The monoisotopic (exact) mass is 352 g/mol. The van der Waals surface area contributed by atoms with Crippen LogP contribution in [-0.4, -0.2) is 46.3 Å². The van der Waals surface area contributed by atoms with Gasteiger partial charge in [-0.1, -0.05) is 0 Å². The Labute approximate surface area is 153 Å². The molecule has 0 radical (unpaired) electrons. The number of aromatic amines is 1. The minimum atomic E-state index is -0.300. The maximum atomic E-state index is 13.0. The van der Waals surface area contributed by atoms with Crippen molar-refractivity contribution in [2.75, 3.05) is 24.5 Å². The van der Waals surface area contributed by atoms with Crippen molar-refractivity contribution in [2.24, 2.45) is 5.41 Å². The standard InChI is InChI=1S/C20H24N4O2/c25-18(6-5-16-3-1-11-22-16)23-12-7-20(8-13-23)9-14-24(19(20)26)17-4-2-10-21-15-17/h1-4,10-11,15,22H,5-9,12-14H2. The van der Waals surface area contributed by atoms with Crippen LogP contribution in [0.1, 0.15) is 31.4 Å². The van der Waals surface area contributed by atoms with E-state index in [1.165, 1.54) is 0 Å².